The largest absolute Gasteiger partial charge is 0.507 e. The Morgan fingerprint density at radius 3 is 2.41 bits per heavy atom. The third-order valence-electron chi connectivity index (χ3n) is 5.60. The van der Waals surface area contributed by atoms with E-state index in [1.165, 1.54) is 4.90 Å². The number of Topliss-reactive ketones (excluding diaryl/α,β-unsaturated/α-hetero) is 1. The van der Waals surface area contributed by atoms with E-state index in [9.17, 15) is 14.7 Å². The summed E-state index contributed by atoms with van der Waals surface area (Å²) in [7, 11) is 0. The second-order valence-corrected chi connectivity index (χ2v) is 8.83. The molecule has 8 heteroatoms. The molecule has 0 radical (unpaired) electrons. The van der Waals surface area contributed by atoms with E-state index in [0.717, 1.165) is 0 Å². The van der Waals surface area contributed by atoms with Gasteiger partial charge in [-0.2, -0.15) is 0 Å². The summed E-state index contributed by atoms with van der Waals surface area (Å²) in [5.74, 6) is -0.901. The van der Waals surface area contributed by atoms with Crippen molar-refractivity contribution in [1.82, 2.24) is 14.5 Å². The molecule has 0 saturated carbocycles. The van der Waals surface area contributed by atoms with Gasteiger partial charge in [0.2, 0.25) is 0 Å². The third kappa shape index (κ3) is 4.99. The van der Waals surface area contributed by atoms with Gasteiger partial charge in [-0.15, -0.1) is 0 Å². The van der Waals surface area contributed by atoms with Gasteiger partial charge in [-0.3, -0.25) is 9.59 Å². The van der Waals surface area contributed by atoms with Crippen molar-refractivity contribution in [2.45, 2.75) is 39.0 Å². The summed E-state index contributed by atoms with van der Waals surface area (Å²) < 4.78 is 7.57. The van der Waals surface area contributed by atoms with E-state index in [1.807, 2.05) is 24.6 Å². The molecule has 1 fully saturated rings. The number of carbonyl (C=O) groups excluding carboxylic acids is 2. The standard InChI is InChI=1S/C26H26ClN3O4/c1-17(2)34-21-10-6-19(7-11-21)24(31)22-23(18-4-8-20(27)9-5-18)30(26(33)25(22)32)14-3-13-29-15-12-28-16-29/h4-12,15-17,23,31H,3,13-14H2,1-2H3/b24-22+. The van der Waals surface area contributed by atoms with Crippen LogP contribution < -0.4 is 4.74 Å². The fourth-order valence-corrected chi connectivity index (χ4v) is 4.19. The van der Waals surface area contributed by atoms with E-state index in [2.05, 4.69) is 4.98 Å². The minimum Gasteiger partial charge on any atom is -0.507 e. The van der Waals surface area contributed by atoms with Gasteiger partial charge in [0, 0.05) is 36.1 Å². The minimum absolute atomic E-state index is 0.0111. The van der Waals surface area contributed by atoms with Gasteiger partial charge in [0.1, 0.15) is 11.5 Å². The Morgan fingerprint density at radius 2 is 1.79 bits per heavy atom. The van der Waals surface area contributed by atoms with Crippen LogP contribution in [0.15, 0.2) is 72.8 Å². The molecule has 1 atom stereocenters. The SMILES string of the molecule is CC(C)Oc1ccc(/C(O)=C2\C(=O)C(=O)N(CCCn3ccnc3)C2c2ccc(Cl)cc2)cc1. The van der Waals surface area contributed by atoms with Crippen LogP contribution in [0.2, 0.25) is 5.02 Å². The van der Waals surface area contributed by atoms with Crippen LogP contribution in [0.3, 0.4) is 0 Å². The molecule has 2 aromatic carbocycles. The van der Waals surface area contributed by atoms with Crippen LogP contribution in [0.4, 0.5) is 0 Å². The molecule has 176 valence electrons. The molecule has 1 N–H and O–H groups in total. The van der Waals surface area contributed by atoms with Crippen LogP contribution in [-0.4, -0.2) is 43.9 Å². The van der Waals surface area contributed by atoms with Crippen LogP contribution in [0.1, 0.15) is 37.4 Å². The van der Waals surface area contributed by atoms with E-state index in [4.69, 9.17) is 16.3 Å². The van der Waals surface area contributed by atoms with Gasteiger partial charge in [-0.1, -0.05) is 23.7 Å². The molecule has 7 nitrogen and oxygen atoms in total. The highest BCUT2D eigenvalue weighted by Gasteiger charge is 2.45. The van der Waals surface area contributed by atoms with E-state index < -0.39 is 17.7 Å². The number of imidazole rings is 1. The number of benzene rings is 2. The Balaban J connectivity index is 1.69. The lowest BCUT2D eigenvalue weighted by molar-refractivity contribution is -0.139. The fourth-order valence-electron chi connectivity index (χ4n) is 4.06. The summed E-state index contributed by atoms with van der Waals surface area (Å²) in [6, 6.07) is 13.1. The molecule has 2 heterocycles. The van der Waals surface area contributed by atoms with Crippen molar-refractivity contribution in [1.29, 1.82) is 0 Å². The van der Waals surface area contributed by atoms with Crippen molar-refractivity contribution in [3.05, 3.63) is 89.0 Å². The molecule has 0 bridgehead atoms. The molecule has 3 aromatic rings. The van der Waals surface area contributed by atoms with Gasteiger partial charge in [0.25, 0.3) is 11.7 Å². The number of aliphatic hydroxyl groups excluding tert-OH is 1. The average molecular weight is 480 g/mol. The van der Waals surface area contributed by atoms with Gasteiger partial charge in [0.05, 0.1) is 24.0 Å². The third-order valence-corrected chi connectivity index (χ3v) is 5.85. The highest BCUT2D eigenvalue weighted by Crippen LogP contribution is 2.40. The molecule has 0 aliphatic carbocycles. The zero-order chi connectivity index (χ0) is 24.2. The van der Waals surface area contributed by atoms with Crippen molar-refractivity contribution < 1.29 is 19.4 Å². The number of carbonyl (C=O) groups is 2. The molecule has 1 aliphatic heterocycles. The first-order valence-electron chi connectivity index (χ1n) is 11.1. The average Bonchev–Trinajstić information content (AvgIpc) is 3.42. The van der Waals surface area contributed by atoms with Gasteiger partial charge >= 0.3 is 0 Å². The Kier molecular flexibility index (Phi) is 7.03. The highest BCUT2D eigenvalue weighted by molar-refractivity contribution is 6.46. The van der Waals surface area contributed by atoms with Crippen LogP contribution in [-0.2, 0) is 16.1 Å². The molecule has 1 amide bonds. The first kappa shape index (κ1) is 23.6. The van der Waals surface area contributed by atoms with Crippen molar-refractivity contribution >= 4 is 29.1 Å². The number of ether oxygens (including phenoxy) is 1. The maximum absolute atomic E-state index is 13.1. The van der Waals surface area contributed by atoms with Gasteiger partial charge in [-0.05, 0) is 62.2 Å². The zero-order valence-corrected chi connectivity index (χ0v) is 19.8. The number of aryl methyl sites for hydroxylation is 1. The molecule has 1 aliphatic rings. The van der Waals surface area contributed by atoms with Gasteiger partial charge < -0.3 is 19.3 Å². The lowest BCUT2D eigenvalue weighted by Crippen LogP contribution is -2.31. The summed E-state index contributed by atoms with van der Waals surface area (Å²) in [4.78, 5) is 31.7. The maximum atomic E-state index is 13.1. The summed E-state index contributed by atoms with van der Waals surface area (Å²) in [6.45, 7) is 4.84. The second-order valence-electron chi connectivity index (χ2n) is 8.39. The molecule has 1 aromatic heterocycles. The number of aliphatic hydroxyl groups is 1. The smallest absolute Gasteiger partial charge is 0.295 e. The van der Waals surface area contributed by atoms with E-state index >= 15 is 0 Å². The number of hydrogen-bond donors (Lipinski definition) is 1. The van der Waals surface area contributed by atoms with Gasteiger partial charge in [0.15, 0.2) is 0 Å². The number of nitrogens with zero attached hydrogens (tertiary/aromatic N) is 3. The van der Waals surface area contributed by atoms with Crippen LogP contribution in [0, 0.1) is 0 Å². The molecule has 34 heavy (non-hydrogen) atoms. The topological polar surface area (TPSA) is 84.7 Å². The van der Waals surface area contributed by atoms with E-state index in [1.54, 1.807) is 61.1 Å². The Morgan fingerprint density at radius 1 is 1.09 bits per heavy atom. The monoisotopic (exact) mass is 479 g/mol. The summed E-state index contributed by atoms with van der Waals surface area (Å²) in [5.41, 5.74) is 1.20. The number of amides is 1. The number of halogens is 1. The lowest BCUT2D eigenvalue weighted by Gasteiger charge is -2.25. The van der Waals surface area contributed by atoms with Crippen LogP contribution >= 0.6 is 11.6 Å². The van der Waals surface area contributed by atoms with Crippen LogP contribution in [0.25, 0.3) is 5.76 Å². The van der Waals surface area contributed by atoms with E-state index in [-0.39, 0.29) is 17.4 Å². The first-order chi connectivity index (χ1) is 16.3. The predicted octanol–water partition coefficient (Wildman–Crippen LogP) is 4.84. The molecule has 1 unspecified atom stereocenters. The van der Waals surface area contributed by atoms with E-state index in [0.29, 0.717) is 41.4 Å². The Labute approximate surface area is 203 Å². The van der Waals surface area contributed by atoms with Crippen LogP contribution in [0.5, 0.6) is 5.75 Å². The molecule has 0 spiro atoms. The molecule has 1 saturated heterocycles. The lowest BCUT2D eigenvalue weighted by atomic mass is 9.95. The summed E-state index contributed by atoms with van der Waals surface area (Å²) >= 11 is 6.07. The fraction of sp³-hybridized carbons (Fsp3) is 0.269. The number of likely N-dealkylation sites (tertiary alicyclic amines) is 1. The Bertz CT molecular complexity index is 1190. The predicted molar refractivity (Wildman–Crippen MR) is 130 cm³/mol. The number of hydrogen-bond acceptors (Lipinski definition) is 5. The molecule has 4 rings (SSSR count). The van der Waals surface area contributed by atoms with Crippen molar-refractivity contribution in [3.8, 4) is 5.75 Å². The highest BCUT2D eigenvalue weighted by atomic mass is 35.5. The number of ketones is 1. The Hall–Kier alpha value is -3.58. The molecular formula is C26H26ClN3O4. The quantitative estimate of drug-likeness (QED) is 0.284. The minimum atomic E-state index is -0.716. The summed E-state index contributed by atoms with van der Waals surface area (Å²) in [5, 5.41) is 11.7. The maximum Gasteiger partial charge on any atom is 0.295 e. The second kappa shape index (κ2) is 10.1. The number of rotatable bonds is 8. The normalized spacial score (nSPS) is 17.5. The number of aromatic nitrogens is 2. The summed E-state index contributed by atoms with van der Waals surface area (Å²) in [6.07, 6.45) is 5.87. The van der Waals surface area contributed by atoms with Gasteiger partial charge in [-0.25, -0.2) is 4.98 Å². The van der Waals surface area contributed by atoms with Crippen molar-refractivity contribution in [3.63, 3.8) is 0 Å². The molecular weight excluding hydrogens is 454 g/mol. The first-order valence-corrected chi connectivity index (χ1v) is 11.5. The van der Waals surface area contributed by atoms with Crippen molar-refractivity contribution in [2.75, 3.05) is 6.54 Å². The van der Waals surface area contributed by atoms with Crippen molar-refractivity contribution in [2.24, 2.45) is 0 Å². The zero-order valence-electron chi connectivity index (χ0n) is 19.0.